The minimum Gasteiger partial charge on any atom is -0.355 e. The van der Waals surface area contributed by atoms with Crippen molar-refractivity contribution in [1.29, 1.82) is 0 Å². The van der Waals surface area contributed by atoms with E-state index in [0.717, 1.165) is 12.1 Å². The molecule has 6 heteroatoms. The van der Waals surface area contributed by atoms with Gasteiger partial charge >= 0.3 is 0 Å². The molecule has 2 rings (SSSR count). The normalized spacial score (nSPS) is 18.2. The Kier molecular flexibility index (Phi) is 4.44. The molecule has 4 nitrogen and oxygen atoms in total. The van der Waals surface area contributed by atoms with Crippen LogP contribution in [-0.2, 0) is 4.79 Å². The predicted octanol–water partition coefficient (Wildman–Crippen LogP) is 1.36. The Morgan fingerprint density at radius 1 is 1.30 bits per heavy atom. The van der Waals surface area contributed by atoms with Gasteiger partial charge in [0.2, 0.25) is 5.91 Å². The van der Waals surface area contributed by atoms with E-state index in [2.05, 4.69) is 5.32 Å². The molecule has 0 bridgehead atoms. The highest BCUT2D eigenvalue weighted by Crippen LogP contribution is 2.14. The van der Waals surface area contributed by atoms with Gasteiger partial charge in [0, 0.05) is 31.6 Å². The van der Waals surface area contributed by atoms with Gasteiger partial charge in [-0.1, -0.05) is 0 Å². The SMILES string of the molecule is CC(C(=O)c1ccc(F)c(F)c1)N1CCNC(=O)CC1. The van der Waals surface area contributed by atoms with Gasteiger partial charge in [0.1, 0.15) is 0 Å². The average molecular weight is 282 g/mol. The number of Topliss-reactive ketones (excluding diaryl/α,β-unsaturated/α-hetero) is 1. The molecule has 1 aromatic carbocycles. The lowest BCUT2D eigenvalue weighted by Crippen LogP contribution is -2.41. The first kappa shape index (κ1) is 14.6. The number of halogens is 2. The molecule has 0 aliphatic carbocycles. The van der Waals surface area contributed by atoms with E-state index in [1.165, 1.54) is 6.07 Å². The van der Waals surface area contributed by atoms with E-state index < -0.39 is 17.7 Å². The van der Waals surface area contributed by atoms with E-state index in [4.69, 9.17) is 0 Å². The van der Waals surface area contributed by atoms with Crippen molar-refractivity contribution in [3.8, 4) is 0 Å². The summed E-state index contributed by atoms with van der Waals surface area (Å²) >= 11 is 0. The quantitative estimate of drug-likeness (QED) is 0.852. The van der Waals surface area contributed by atoms with E-state index in [1.54, 1.807) is 6.92 Å². The molecule has 1 atom stereocenters. The zero-order chi connectivity index (χ0) is 14.7. The molecule has 1 aliphatic heterocycles. The van der Waals surface area contributed by atoms with Crippen molar-refractivity contribution in [3.63, 3.8) is 0 Å². The first-order chi connectivity index (χ1) is 9.49. The molecular weight excluding hydrogens is 266 g/mol. The van der Waals surface area contributed by atoms with Crippen LogP contribution in [0.5, 0.6) is 0 Å². The van der Waals surface area contributed by atoms with Gasteiger partial charge in [0.05, 0.1) is 6.04 Å². The van der Waals surface area contributed by atoms with E-state index in [1.807, 2.05) is 4.90 Å². The van der Waals surface area contributed by atoms with Crippen LogP contribution in [-0.4, -0.2) is 42.3 Å². The Morgan fingerprint density at radius 2 is 2.05 bits per heavy atom. The fourth-order valence-corrected chi connectivity index (χ4v) is 2.23. The van der Waals surface area contributed by atoms with Crippen LogP contribution in [0.15, 0.2) is 18.2 Å². The topological polar surface area (TPSA) is 49.4 Å². The van der Waals surface area contributed by atoms with Crippen LogP contribution < -0.4 is 5.32 Å². The molecule has 1 aliphatic rings. The third kappa shape index (κ3) is 3.19. The molecule has 20 heavy (non-hydrogen) atoms. The number of carbonyl (C=O) groups is 2. The number of hydrogen-bond donors (Lipinski definition) is 1. The minimum absolute atomic E-state index is 0.0417. The van der Waals surface area contributed by atoms with Crippen LogP contribution in [0.1, 0.15) is 23.7 Å². The van der Waals surface area contributed by atoms with Crippen LogP contribution in [0.3, 0.4) is 0 Å². The van der Waals surface area contributed by atoms with E-state index in [-0.39, 0.29) is 17.3 Å². The van der Waals surface area contributed by atoms with Gasteiger partial charge in [-0.25, -0.2) is 8.78 Å². The second-order valence-corrected chi connectivity index (χ2v) is 4.81. The number of carbonyl (C=O) groups excluding carboxylic acids is 2. The van der Waals surface area contributed by atoms with Crippen LogP contribution >= 0.6 is 0 Å². The van der Waals surface area contributed by atoms with Crippen LogP contribution in [0.25, 0.3) is 0 Å². The van der Waals surface area contributed by atoms with Crippen molar-refractivity contribution in [3.05, 3.63) is 35.4 Å². The third-order valence-electron chi connectivity index (χ3n) is 3.48. The van der Waals surface area contributed by atoms with Gasteiger partial charge in [-0.3, -0.25) is 14.5 Å². The number of amides is 1. The summed E-state index contributed by atoms with van der Waals surface area (Å²) in [5.41, 5.74) is 0.139. The van der Waals surface area contributed by atoms with Gasteiger partial charge in [-0.15, -0.1) is 0 Å². The molecule has 108 valence electrons. The second kappa shape index (κ2) is 6.09. The summed E-state index contributed by atoms with van der Waals surface area (Å²) in [5, 5.41) is 2.72. The van der Waals surface area contributed by atoms with Crippen molar-refractivity contribution >= 4 is 11.7 Å². The zero-order valence-electron chi connectivity index (χ0n) is 11.2. The van der Waals surface area contributed by atoms with Crippen molar-refractivity contribution < 1.29 is 18.4 Å². The van der Waals surface area contributed by atoms with Crippen molar-refractivity contribution in [2.45, 2.75) is 19.4 Å². The lowest BCUT2D eigenvalue weighted by molar-refractivity contribution is -0.120. The fourth-order valence-electron chi connectivity index (χ4n) is 2.23. The number of ketones is 1. The lowest BCUT2D eigenvalue weighted by Gasteiger charge is -2.25. The van der Waals surface area contributed by atoms with E-state index >= 15 is 0 Å². The largest absolute Gasteiger partial charge is 0.355 e. The Balaban J connectivity index is 2.11. The number of benzene rings is 1. The Bertz CT molecular complexity index is 534. The van der Waals surface area contributed by atoms with Crippen LogP contribution in [0.2, 0.25) is 0 Å². The van der Waals surface area contributed by atoms with Crippen LogP contribution in [0, 0.1) is 11.6 Å². The van der Waals surface area contributed by atoms with Crippen molar-refractivity contribution in [1.82, 2.24) is 10.2 Å². The zero-order valence-corrected chi connectivity index (χ0v) is 11.2. The first-order valence-corrected chi connectivity index (χ1v) is 6.49. The maximum atomic E-state index is 13.2. The molecule has 1 fully saturated rings. The van der Waals surface area contributed by atoms with Crippen molar-refractivity contribution in [2.24, 2.45) is 0 Å². The summed E-state index contributed by atoms with van der Waals surface area (Å²) in [6.07, 6.45) is 0.329. The lowest BCUT2D eigenvalue weighted by atomic mass is 10.0. The molecule has 1 heterocycles. The molecular formula is C14H16F2N2O2. The molecule has 1 N–H and O–H groups in total. The average Bonchev–Trinajstić information content (AvgIpc) is 2.65. The molecule has 0 radical (unpaired) electrons. The second-order valence-electron chi connectivity index (χ2n) is 4.81. The monoisotopic (exact) mass is 282 g/mol. The number of hydrogen-bond acceptors (Lipinski definition) is 3. The van der Waals surface area contributed by atoms with E-state index in [9.17, 15) is 18.4 Å². The van der Waals surface area contributed by atoms with Gasteiger partial charge in [-0.2, -0.15) is 0 Å². The Morgan fingerprint density at radius 3 is 2.75 bits per heavy atom. The van der Waals surface area contributed by atoms with Gasteiger partial charge < -0.3 is 5.32 Å². The summed E-state index contributed by atoms with van der Waals surface area (Å²) in [7, 11) is 0. The molecule has 1 amide bonds. The molecule has 0 spiro atoms. The number of nitrogens with zero attached hydrogens (tertiary/aromatic N) is 1. The number of rotatable bonds is 3. The third-order valence-corrected chi connectivity index (χ3v) is 3.48. The van der Waals surface area contributed by atoms with Gasteiger partial charge in [0.15, 0.2) is 17.4 Å². The standard InChI is InChI=1S/C14H16F2N2O2/c1-9(18-6-4-13(19)17-5-7-18)14(20)10-2-3-11(15)12(16)8-10/h2-3,8-9H,4-7H2,1H3,(H,17,19). The maximum Gasteiger partial charge on any atom is 0.221 e. The minimum atomic E-state index is -1.03. The summed E-state index contributed by atoms with van der Waals surface area (Å²) in [5.74, 6) is -2.33. The van der Waals surface area contributed by atoms with E-state index in [0.29, 0.717) is 26.1 Å². The van der Waals surface area contributed by atoms with Gasteiger partial charge in [-0.05, 0) is 25.1 Å². The smallest absolute Gasteiger partial charge is 0.221 e. The van der Waals surface area contributed by atoms with Gasteiger partial charge in [0.25, 0.3) is 0 Å². The highest BCUT2D eigenvalue weighted by molar-refractivity contribution is 5.99. The molecule has 1 saturated heterocycles. The summed E-state index contributed by atoms with van der Waals surface area (Å²) in [4.78, 5) is 25.4. The molecule has 0 saturated carbocycles. The molecule has 1 unspecified atom stereocenters. The Labute approximate surface area is 115 Å². The fraction of sp³-hybridized carbons (Fsp3) is 0.429. The first-order valence-electron chi connectivity index (χ1n) is 6.49. The summed E-state index contributed by atoms with van der Waals surface area (Å²) < 4.78 is 26.0. The highest BCUT2D eigenvalue weighted by Gasteiger charge is 2.25. The summed E-state index contributed by atoms with van der Waals surface area (Å²) in [6.45, 7) is 3.22. The molecule has 0 aromatic heterocycles. The number of nitrogens with one attached hydrogen (secondary N) is 1. The van der Waals surface area contributed by atoms with Crippen molar-refractivity contribution in [2.75, 3.05) is 19.6 Å². The maximum absolute atomic E-state index is 13.2. The highest BCUT2D eigenvalue weighted by atomic mass is 19.2. The molecule has 1 aromatic rings. The predicted molar refractivity (Wildman–Crippen MR) is 69.4 cm³/mol. The summed E-state index contributed by atoms with van der Waals surface area (Å²) in [6, 6.07) is 2.66. The van der Waals surface area contributed by atoms with Crippen LogP contribution in [0.4, 0.5) is 8.78 Å². The Hall–Kier alpha value is -1.82.